The molecule has 1 N–H and O–H groups in total. The predicted octanol–water partition coefficient (Wildman–Crippen LogP) is 3.93. The molecule has 2 rings (SSSR count). The van der Waals surface area contributed by atoms with Gasteiger partial charge in [-0.05, 0) is 42.6 Å². The SMILES string of the molecule is CCCNC(c1cccc(CC)c1)c1ccco1. The summed E-state index contributed by atoms with van der Waals surface area (Å²) in [5.41, 5.74) is 2.64. The third-order valence-electron chi connectivity index (χ3n) is 3.12. The third kappa shape index (κ3) is 3.02. The van der Waals surface area contributed by atoms with E-state index in [9.17, 15) is 0 Å². The van der Waals surface area contributed by atoms with E-state index in [1.165, 1.54) is 11.1 Å². The van der Waals surface area contributed by atoms with Gasteiger partial charge in [0.1, 0.15) is 5.76 Å². The van der Waals surface area contributed by atoms with E-state index in [-0.39, 0.29) is 6.04 Å². The highest BCUT2D eigenvalue weighted by atomic mass is 16.3. The molecule has 96 valence electrons. The Morgan fingerprint density at radius 1 is 1.17 bits per heavy atom. The summed E-state index contributed by atoms with van der Waals surface area (Å²) in [6.07, 6.45) is 3.91. The van der Waals surface area contributed by atoms with Crippen molar-refractivity contribution in [2.75, 3.05) is 6.54 Å². The van der Waals surface area contributed by atoms with Crippen molar-refractivity contribution in [1.29, 1.82) is 0 Å². The second kappa shape index (κ2) is 6.41. The normalized spacial score (nSPS) is 12.6. The minimum atomic E-state index is 0.159. The molecule has 0 spiro atoms. The van der Waals surface area contributed by atoms with E-state index in [1.807, 2.05) is 12.1 Å². The molecule has 0 bridgehead atoms. The molecule has 2 heteroatoms. The van der Waals surface area contributed by atoms with Gasteiger partial charge in [0.15, 0.2) is 0 Å². The van der Waals surface area contributed by atoms with Gasteiger partial charge >= 0.3 is 0 Å². The third-order valence-corrected chi connectivity index (χ3v) is 3.12. The van der Waals surface area contributed by atoms with Gasteiger partial charge in [-0.25, -0.2) is 0 Å². The molecule has 0 fully saturated rings. The minimum Gasteiger partial charge on any atom is -0.467 e. The number of hydrogen-bond donors (Lipinski definition) is 1. The Hall–Kier alpha value is -1.54. The number of hydrogen-bond acceptors (Lipinski definition) is 2. The summed E-state index contributed by atoms with van der Waals surface area (Å²) >= 11 is 0. The van der Waals surface area contributed by atoms with Crippen LogP contribution in [0.15, 0.2) is 47.1 Å². The van der Waals surface area contributed by atoms with Crippen LogP contribution in [0.1, 0.15) is 43.2 Å². The number of rotatable bonds is 6. The van der Waals surface area contributed by atoms with Crippen LogP contribution in [0.3, 0.4) is 0 Å². The van der Waals surface area contributed by atoms with Crippen LogP contribution in [0.5, 0.6) is 0 Å². The molecule has 18 heavy (non-hydrogen) atoms. The van der Waals surface area contributed by atoms with E-state index in [4.69, 9.17) is 4.42 Å². The number of nitrogens with one attached hydrogen (secondary N) is 1. The smallest absolute Gasteiger partial charge is 0.125 e. The average Bonchev–Trinajstić information content (AvgIpc) is 2.93. The molecule has 1 heterocycles. The molecule has 0 aliphatic carbocycles. The Bertz CT molecular complexity index is 462. The Balaban J connectivity index is 2.27. The van der Waals surface area contributed by atoms with E-state index in [0.717, 1.165) is 25.1 Å². The first-order valence-electron chi connectivity index (χ1n) is 6.70. The Labute approximate surface area is 109 Å². The lowest BCUT2D eigenvalue weighted by molar-refractivity contribution is 0.446. The van der Waals surface area contributed by atoms with Gasteiger partial charge < -0.3 is 9.73 Å². The van der Waals surface area contributed by atoms with Crippen molar-refractivity contribution >= 4 is 0 Å². The molecular formula is C16H21NO. The van der Waals surface area contributed by atoms with Gasteiger partial charge in [0, 0.05) is 0 Å². The van der Waals surface area contributed by atoms with Gasteiger partial charge in [0.25, 0.3) is 0 Å². The summed E-state index contributed by atoms with van der Waals surface area (Å²) in [5.74, 6) is 0.983. The van der Waals surface area contributed by atoms with Crippen molar-refractivity contribution in [3.8, 4) is 0 Å². The molecule has 1 aromatic carbocycles. The number of aryl methyl sites for hydroxylation is 1. The van der Waals surface area contributed by atoms with E-state index < -0.39 is 0 Å². The summed E-state index contributed by atoms with van der Waals surface area (Å²) in [7, 11) is 0. The van der Waals surface area contributed by atoms with Gasteiger partial charge in [-0.15, -0.1) is 0 Å². The van der Waals surface area contributed by atoms with E-state index in [0.29, 0.717) is 0 Å². The lowest BCUT2D eigenvalue weighted by Gasteiger charge is -2.17. The summed E-state index contributed by atoms with van der Waals surface area (Å²) in [5, 5.41) is 3.55. The maximum absolute atomic E-state index is 5.56. The molecule has 2 nitrogen and oxygen atoms in total. The van der Waals surface area contributed by atoms with Crippen LogP contribution in [-0.4, -0.2) is 6.54 Å². The van der Waals surface area contributed by atoms with Crippen LogP contribution in [0.25, 0.3) is 0 Å². The zero-order chi connectivity index (χ0) is 12.8. The number of furan rings is 1. The van der Waals surface area contributed by atoms with Crippen molar-refractivity contribution in [2.45, 2.75) is 32.7 Å². The first kappa shape index (κ1) is 12.9. The summed E-state index contributed by atoms with van der Waals surface area (Å²) in [6.45, 7) is 5.34. The first-order chi connectivity index (χ1) is 8.85. The van der Waals surface area contributed by atoms with Crippen LogP contribution in [0.4, 0.5) is 0 Å². The highest BCUT2D eigenvalue weighted by molar-refractivity contribution is 5.30. The summed E-state index contributed by atoms with van der Waals surface area (Å²) in [6, 6.07) is 12.8. The molecule has 0 aliphatic rings. The lowest BCUT2D eigenvalue weighted by Crippen LogP contribution is -2.22. The van der Waals surface area contributed by atoms with Gasteiger partial charge in [-0.3, -0.25) is 0 Å². The van der Waals surface area contributed by atoms with Crippen molar-refractivity contribution in [1.82, 2.24) is 5.32 Å². The van der Waals surface area contributed by atoms with Gasteiger partial charge in [-0.1, -0.05) is 38.1 Å². The zero-order valence-electron chi connectivity index (χ0n) is 11.1. The van der Waals surface area contributed by atoms with Gasteiger partial charge in [-0.2, -0.15) is 0 Å². The zero-order valence-corrected chi connectivity index (χ0v) is 11.1. The van der Waals surface area contributed by atoms with Gasteiger partial charge in [0.05, 0.1) is 12.3 Å². The molecule has 1 aromatic heterocycles. The van der Waals surface area contributed by atoms with Crippen LogP contribution in [0.2, 0.25) is 0 Å². The van der Waals surface area contributed by atoms with Crippen LogP contribution >= 0.6 is 0 Å². The second-order valence-corrected chi connectivity index (χ2v) is 4.50. The fraction of sp³-hybridized carbons (Fsp3) is 0.375. The van der Waals surface area contributed by atoms with E-state index in [1.54, 1.807) is 6.26 Å². The second-order valence-electron chi connectivity index (χ2n) is 4.50. The average molecular weight is 243 g/mol. The van der Waals surface area contributed by atoms with Gasteiger partial charge in [0.2, 0.25) is 0 Å². The molecule has 0 saturated heterocycles. The minimum absolute atomic E-state index is 0.159. The molecule has 1 atom stereocenters. The Morgan fingerprint density at radius 3 is 2.72 bits per heavy atom. The molecule has 0 amide bonds. The maximum Gasteiger partial charge on any atom is 0.125 e. The standard InChI is InChI=1S/C16H21NO/c1-3-10-17-16(15-9-6-11-18-15)14-8-5-7-13(4-2)12-14/h5-9,11-12,16-17H,3-4,10H2,1-2H3. The molecule has 2 aromatic rings. The molecular weight excluding hydrogens is 222 g/mol. The quantitative estimate of drug-likeness (QED) is 0.831. The molecule has 0 radical (unpaired) electrons. The van der Waals surface area contributed by atoms with Crippen LogP contribution in [0, 0.1) is 0 Å². The topological polar surface area (TPSA) is 25.2 Å². The summed E-state index contributed by atoms with van der Waals surface area (Å²) < 4.78 is 5.56. The van der Waals surface area contributed by atoms with Crippen molar-refractivity contribution in [3.63, 3.8) is 0 Å². The fourth-order valence-corrected chi connectivity index (χ4v) is 2.12. The Morgan fingerprint density at radius 2 is 2.06 bits per heavy atom. The van der Waals surface area contributed by atoms with Crippen molar-refractivity contribution < 1.29 is 4.42 Å². The maximum atomic E-state index is 5.56. The first-order valence-corrected chi connectivity index (χ1v) is 6.70. The fourth-order valence-electron chi connectivity index (χ4n) is 2.12. The largest absolute Gasteiger partial charge is 0.467 e. The Kier molecular flexibility index (Phi) is 4.59. The molecule has 0 saturated carbocycles. The predicted molar refractivity (Wildman–Crippen MR) is 74.7 cm³/mol. The molecule has 1 unspecified atom stereocenters. The molecule has 0 aliphatic heterocycles. The lowest BCUT2D eigenvalue weighted by atomic mass is 10.0. The monoisotopic (exact) mass is 243 g/mol. The number of benzene rings is 1. The van der Waals surface area contributed by atoms with E-state index in [2.05, 4.69) is 43.4 Å². The van der Waals surface area contributed by atoms with E-state index >= 15 is 0 Å². The highest BCUT2D eigenvalue weighted by Gasteiger charge is 2.15. The van der Waals surface area contributed by atoms with Crippen molar-refractivity contribution in [2.24, 2.45) is 0 Å². The van der Waals surface area contributed by atoms with Crippen LogP contribution in [-0.2, 0) is 6.42 Å². The highest BCUT2D eigenvalue weighted by Crippen LogP contribution is 2.23. The van der Waals surface area contributed by atoms with Crippen LogP contribution < -0.4 is 5.32 Å². The summed E-state index contributed by atoms with van der Waals surface area (Å²) in [4.78, 5) is 0. The van der Waals surface area contributed by atoms with Crippen molar-refractivity contribution in [3.05, 3.63) is 59.5 Å².